The summed E-state index contributed by atoms with van der Waals surface area (Å²) in [7, 11) is 0. The lowest BCUT2D eigenvalue weighted by Gasteiger charge is -2.22. The maximum atomic E-state index is 11.8. The number of carbonyl (C=O) groups is 2. The number of hydrogen-bond acceptors (Lipinski definition) is 2. The van der Waals surface area contributed by atoms with Crippen LogP contribution in [0.4, 0.5) is 4.79 Å². The first-order valence-corrected chi connectivity index (χ1v) is 5.78. The van der Waals surface area contributed by atoms with Crippen LogP contribution >= 0.6 is 0 Å². The molecule has 1 atom stereocenters. The molecule has 0 aliphatic heterocycles. The van der Waals surface area contributed by atoms with E-state index in [9.17, 15) is 9.59 Å². The van der Waals surface area contributed by atoms with Gasteiger partial charge in [-0.05, 0) is 12.8 Å². The van der Waals surface area contributed by atoms with Crippen molar-refractivity contribution in [1.82, 2.24) is 10.2 Å². The molecule has 0 unspecified atom stereocenters. The summed E-state index contributed by atoms with van der Waals surface area (Å²) >= 11 is 0. The predicted octanol–water partition coefficient (Wildman–Crippen LogP) is 1.29. The van der Waals surface area contributed by atoms with Gasteiger partial charge in [-0.3, -0.25) is 0 Å². The zero-order chi connectivity index (χ0) is 13.3. The highest BCUT2D eigenvalue weighted by Gasteiger charge is 2.21. The van der Waals surface area contributed by atoms with Crippen LogP contribution in [0.2, 0.25) is 0 Å². The van der Waals surface area contributed by atoms with Gasteiger partial charge < -0.3 is 15.3 Å². The van der Waals surface area contributed by atoms with Crippen LogP contribution in [0, 0.1) is 12.3 Å². The van der Waals surface area contributed by atoms with E-state index in [2.05, 4.69) is 11.2 Å². The first-order chi connectivity index (χ1) is 8.06. The number of carbonyl (C=O) groups excluding carboxylic acids is 1. The van der Waals surface area contributed by atoms with E-state index in [4.69, 9.17) is 11.5 Å². The monoisotopic (exact) mass is 240 g/mol. The Morgan fingerprint density at radius 1 is 1.41 bits per heavy atom. The molecule has 0 aliphatic carbocycles. The van der Waals surface area contributed by atoms with Crippen molar-refractivity contribution in [1.29, 1.82) is 0 Å². The number of carboxylic acids is 1. The Bertz CT molecular complexity index is 297. The van der Waals surface area contributed by atoms with Gasteiger partial charge in [0.2, 0.25) is 0 Å². The van der Waals surface area contributed by atoms with Gasteiger partial charge in [-0.2, -0.15) is 0 Å². The third-order valence-corrected chi connectivity index (χ3v) is 2.24. The fourth-order valence-corrected chi connectivity index (χ4v) is 1.42. The van der Waals surface area contributed by atoms with Crippen molar-refractivity contribution in [3.8, 4) is 12.3 Å². The Hall–Kier alpha value is -1.70. The van der Waals surface area contributed by atoms with Crippen molar-refractivity contribution >= 4 is 12.0 Å². The van der Waals surface area contributed by atoms with Gasteiger partial charge in [0.05, 0.1) is 6.54 Å². The number of terminal acetylenes is 1. The van der Waals surface area contributed by atoms with E-state index in [0.29, 0.717) is 19.4 Å². The molecule has 0 saturated carbocycles. The highest BCUT2D eigenvalue weighted by molar-refractivity contribution is 5.82. The van der Waals surface area contributed by atoms with Gasteiger partial charge in [0, 0.05) is 6.54 Å². The van der Waals surface area contributed by atoms with E-state index in [1.54, 1.807) is 0 Å². The largest absolute Gasteiger partial charge is 0.480 e. The number of nitrogens with zero attached hydrogens (tertiary/aromatic N) is 1. The van der Waals surface area contributed by atoms with Gasteiger partial charge in [0.15, 0.2) is 0 Å². The van der Waals surface area contributed by atoms with Crippen LogP contribution in [-0.4, -0.2) is 41.1 Å². The van der Waals surface area contributed by atoms with Gasteiger partial charge in [-0.1, -0.05) is 26.2 Å². The molecular formula is C12H20N2O3. The normalized spacial score (nSPS) is 11.4. The number of hydrogen-bond donors (Lipinski definition) is 2. The lowest BCUT2D eigenvalue weighted by molar-refractivity contribution is -0.139. The van der Waals surface area contributed by atoms with E-state index in [0.717, 1.165) is 6.42 Å². The molecule has 0 aromatic rings. The highest BCUT2D eigenvalue weighted by Crippen LogP contribution is 1.99. The van der Waals surface area contributed by atoms with Crippen LogP contribution < -0.4 is 5.32 Å². The minimum atomic E-state index is -1.02. The summed E-state index contributed by atoms with van der Waals surface area (Å²) in [5, 5.41) is 11.4. The van der Waals surface area contributed by atoms with Crippen LogP contribution in [0.3, 0.4) is 0 Å². The van der Waals surface area contributed by atoms with Gasteiger partial charge in [-0.15, -0.1) is 6.42 Å². The Kier molecular flexibility index (Phi) is 7.61. The second-order valence-electron chi connectivity index (χ2n) is 3.75. The molecule has 2 amide bonds. The Balaban J connectivity index is 4.45. The number of rotatable bonds is 7. The average molecular weight is 240 g/mol. The molecule has 17 heavy (non-hydrogen) atoms. The van der Waals surface area contributed by atoms with Crippen molar-refractivity contribution < 1.29 is 14.7 Å². The van der Waals surface area contributed by atoms with Crippen LogP contribution in [0.25, 0.3) is 0 Å². The summed E-state index contributed by atoms with van der Waals surface area (Å²) in [6.45, 7) is 4.51. The van der Waals surface area contributed by atoms with E-state index < -0.39 is 18.0 Å². The van der Waals surface area contributed by atoms with Crippen molar-refractivity contribution in [2.24, 2.45) is 0 Å². The molecule has 0 spiro atoms. The summed E-state index contributed by atoms with van der Waals surface area (Å²) in [6, 6.07) is -1.25. The Morgan fingerprint density at radius 3 is 2.47 bits per heavy atom. The fraction of sp³-hybridized carbons (Fsp3) is 0.667. The van der Waals surface area contributed by atoms with E-state index in [1.165, 1.54) is 4.90 Å². The lowest BCUT2D eigenvalue weighted by atomic mass is 10.2. The predicted molar refractivity (Wildman–Crippen MR) is 65.6 cm³/mol. The summed E-state index contributed by atoms with van der Waals surface area (Å²) in [6.07, 6.45) is 7.05. The number of nitrogens with one attached hydrogen (secondary N) is 1. The second-order valence-corrected chi connectivity index (χ2v) is 3.75. The minimum Gasteiger partial charge on any atom is -0.480 e. The van der Waals surface area contributed by atoms with E-state index >= 15 is 0 Å². The summed E-state index contributed by atoms with van der Waals surface area (Å²) in [5.41, 5.74) is 0. The van der Waals surface area contributed by atoms with Crippen molar-refractivity contribution in [2.45, 2.75) is 39.2 Å². The van der Waals surface area contributed by atoms with Crippen molar-refractivity contribution in [3.63, 3.8) is 0 Å². The quantitative estimate of drug-likeness (QED) is 0.659. The van der Waals surface area contributed by atoms with Crippen LogP contribution in [0.5, 0.6) is 0 Å². The molecule has 0 heterocycles. The minimum absolute atomic E-state index is 0.193. The molecule has 5 heteroatoms. The lowest BCUT2D eigenvalue weighted by Crippen LogP contribution is -2.48. The number of urea groups is 1. The molecule has 0 fully saturated rings. The number of amides is 2. The van der Waals surface area contributed by atoms with Crippen LogP contribution in [-0.2, 0) is 4.79 Å². The zero-order valence-electron chi connectivity index (χ0n) is 10.4. The SMILES string of the molecule is C#CCN(CCC)C(=O)N[C@@H](CCC)C(=O)O. The Morgan fingerprint density at radius 2 is 2.06 bits per heavy atom. The number of carboxylic acid groups (broad SMARTS) is 1. The maximum Gasteiger partial charge on any atom is 0.326 e. The average Bonchev–Trinajstić information content (AvgIpc) is 2.28. The summed E-state index contributed by atoms with van der Waals surface area (Å²) < 4.78 is 0. The van der Waals surface area contributed by atoms with Crippen LogP contribution in [0.15, 0.2) is 0 Å². The highest BCUT2D eigenvalue weighted by atomic mass is 16.4. The summed E-state index contributed by atoms with van der Waals surface area (Å²) in [4.78, 5) is 24.1. The van der Waals surface area contributed by atoms with Crippen LogP contribution in [0.1, 0.15) is 33.1 Å². The number of aliphatic carboxylic acids is 1. The second kappa shape index (κ2) is 8.45. The smallest absolute Gasteiger partial charge is 0.326 e. The molecule has 0 saturated heterocycles. The molecule has 0 aliphatic rings. The molecule has 0 bridgehead atoms. The van der Waals surface area contributed by atoms with Gasteiger partial charge >= 0.3 is 12.0 Å². The molecule has 0 aromatic carbocycles. The third kappa shape index (κ3) is 5.81. The fourth-order valence-electron chi connectivity index (χ4n) is 1.42. The molecule has 5 nitrogen and oxygen atoms in total. The zero-order valence-corrected chi connectivity index (χ0v) is 10.4. The molecule has 2 N–H and O–H groups in total. The summed E-state index contributed by atoms with van der Waals surface area (Å²) in [5.74, 6) is 1.37. The van der Waals surface area contributed by atoms with E-state index in [1.807, 2.05) is 13.8 Å². The topological polar surface area (TPSA) is 69.6 Å². The maximum absolute atomic E-state index is 11.8. The van der Waals surface area contributed by atoms with Crippen molar-refractivity contribution in [2.75, 3.05) is 13.1 Å². The van der Waals surface area contributed by atoms with E-state index in [-0.39, 0.29) is 6.54 Å². The first-order valence-electron chi connectivity index (χ1n) is 5.78. The third-order valence-electron chi connectivity index (χ3n) is 2.24. The Labute approximate surface area is 102 Å². The molecule has 0 radical (unpaired) electrons. The van der Waals surface area contributed by atoms with Gasteiger partial charge in [0.1, 0.15) is 6.04 Å². The van der Waals surface area contributed by atoms with Gasteiger partial charge in [-0.25, -0.2) is 9.59 Å². The standard InChI is InChI=1S/C12H20N2O3/c1-4-7-10(11(15)16)13-12(17)14(8-5-2)9-6-3/h2,10H,4,6-9H2,1,3H3,(H,13,17)(H,15,16)/t10-/m0/s1. The first kappa shape index (κ1) is 15.3. The van der Waals surface area contributed by atoms with Crippen molar-refractivity contribution in [3.05, 3.63) is 0 Å². The van der Waals surface area contributed by atoms with Gasteiger partial charge in [0.25, 0.3) is 0 Å². The molecule has 96 valence electrons. The molecule has 0 rings (SSSR count). The molecular weight excluding hydrogens is 220 g/mol. The molecule has 0 aromatic heterocycles.